The lowest BCUT2D eigenvalue weighted by Gasteiger charge is -2.18. The minimum absolute atomic E-state index is 0.398. The van der Waals surface area contributed by atoms with E-state index in [1.165, 1.54) is 11.4 Å². The van der Waals surface area contributed by atoms with Crippen LogP contribution < -0.4 is 10.5 Å². The molecule has 7 heteroatoms. The molecule has 3 N–H and O–H groups in total. The van der Waals surface area contributed by atoms with Crippen molar-refractivity contribution in [2.24, 2.45) is 5.73 Å². The van der Waals surface area contributed by atoms with Crippen LogP contribution in [-0.4, -0.2) is 32.9 Å². The molecule has 0 radical (unpaired) electrons. The summed E-state index contributed by atoms with van der Waals surface area (Å²) >= 11 is 3.34. The Bertz CT molecular complexity index is 505. The first-order chi connectivity index (χ1) is 8.36. The molecule has 102 valence electrons. The maximum absolute atomic E-state index is 12.0. The molecule has 5 nitrogen and oxygen atoms in total. The zero-order valence-electron chi connectivity index (χ0n) is 10.5. The molecule has 0 fully saturated rings. The monoisotopic (exact) mass is 335 g/mol. The van der Waals surface area contributed by atoms with Gasteiger partial charge in [0.2, 0.25) is 0 Å². The Morgan fingerprint density at radius 2 is 2.11 bits per heavy atom. The third kappa shape index (κ3) is 4.24. The molecular weight excluding hydrogens is 318 g/mol. The van der Waals surface area contributed by atoms with E-state index < -0.39 is 10.2 Å². The molecule has 1 rings (SSSR count). The number of rotatable bonds is 6. The Morgan fingerprint density at radius 3 is 2.67 bits per heavy atom. The molecule has 1 aromatic carbocycles. The van der Waals surface area contributed by atoms with Crippen LogP contribution in [-0.2, 0) is 10.2 Å². The maximum Gasteiger partial charge on any atom is 0.301 e. The largest absolute Gasteiger partial charge is 0.330 e. The zero-order chi connectivity index (χ0) is 13.8. The Hall–Kier alpha value is -0.630. The lowest BCUT2D eigenvalue weighted by molar-refractivity contribution is 0.468. The average Bonchev–Trinajstić information content (AvgIpc) is 2.29. The number of nitrogens with two attached hydrogens (primary N) is 1. The molecule has 1 aromatic rings. The van der Waals surface area contributed by atoms with E-state index in [0.29, 0.717) is 25.2 Å². The van der Waals surface area contributed by atoms with Crippen molar-refractivity contribution >= 4 is 31.8 Å². The number of aryl methyl sites for hydroxylation is 1. The third-order valence-corrected chi connectivity index (χ3v) is 4.59. The van der Waals surface area contributed by atoms with Gasteiger partial charge < -0.3 is 5.73 Å². The van der Waals surface area contributed by atoms with Crippen LogP contribution in [0.3, 0.4) is 0 Å². The van der Waals surface area contributed by atoms with Gasteiger partial charge in [0.25, 0.3) is 0 Å². The van der Waals surface area contributed by atoms with E-state index in [-0.39, 0.29) is 0 Å². The summed E-state index contributed by atoms with van der Waals surface area (Å²) in [6.07, 6.45) is 0.631. The predicted molar refractivity (Wildman–Crippen MR) is 77.7 cm³/mol. The van der Waals surface area contributed by atoms with Crippen molar-refractivity contribution in [3.63, 3.8) is 0 Å². The van der Waals surface area contributed by atoms with Crippen LogP contribution in [0.25, 0.3) is 0 Å². The van der Waals surface area contributed by atoms with Crippen molar-refractivity contribution in [3.8, 4) is 0 Å². The number of hydrogen-bond donors (Lipinski definition) is 2. The van der Waals surface area contributed by atoms with Gasteiger partial charge in [-0.25, -0.2) is 0 Å². The quantitative estimate of drug-likeness (QED) is 0.830. The molecule has 0 atom stereocenters. The van der Waals surface area contributed by atoms with Crippen molar-refractivity contribution in [2.45, 2.75) is 13.3 Å². The second kappa shape index (κ2) is 6.51. The van der Waals surface area contributed by atoms with Gasteiger partial charge in [0.15, 0.2) is 0 Å². The molecule has 18 heavy (non-hydrogen) atoms. The first kappa shape index (κ1) is 15.4. The van der Waals surface area contributed by atoms with E-state index in [1.54, 1.807) is 6.07 Å². The molecule has 0 aliphatic rings. The van der Waals surface area contributed by atoms with Gasteiger partial charge in [0.1, 0.15) is 0 Å². The van der Waals surface area contributed by atoms with Gasteiger partial charge in [0, 0.05) is 18.1 Å². The number of benzene rings is 1. The highest BCUT2D eigenvalue weighted by Gasteiger charge is 2.17. The van der Waals surface area contributed by atoms with Crippen molar-refractivity contribution in [2.75, 3.05) is 24.9 Å². The van der Waals surface area contributed by atoms with Crippen molar-refractivity contribution in [1.29, 1.82) is 0 Å². The maximum atomic E-state index is 12.0. The van der Waals surface area contributed by atoms with Gasteiger partial charge in [-0.05, 0) is 53.5 Å². The van der Waals surface area contributed by atoms with Gasteiger partial charge >= 0.3 is 10.2 Å². The van der Waals surface area contributed by atoms with E-state index in [2.05, 4.69) is 20.7 Å². The molecule has 0 saturated carbocycles. The van der Waals surface area contributed by atoms with Crippen molar-refractivity contribution in [1.82, 2.24) is 4.31 Å². The summed E-state index contributed by atoms with van der Waals surface area (Å²) in [4.78, 5) is 0. The van der Waals surface area contributed by atoms with Gasteiger partial charge in [-0.1, -0.05) is 6.07 Å². The summed E-state index contributed by atoms with van der Waals surface area (Å²) in [7, 11) is -2.00. The van der Waals surface area contributed by atoms with Gasteiger partial charge in [0.05, 0.1) is 5.69 Å². The Morgan fingerprint density at radius 1 is 1.44 bits per heavy atom. The van der Waals surface area contributed by atoms with E-state index in [9.17, 15) is 8.42 Å². The van der Waals surface area contributed by atoms with Crippen molar-refractivity contribution < 1.29 is 8.42 Å². The Balaban J connectivity index is 2.82. The van der Waals surface area contributed by atoms with E-state index in [1.807, 2.05) is 19.1 Å². The molecule has 0 amide bonds. The standard InChI is InChI=1S/C11H18BrN3O2S/c1-9-4-5-11(10(12)8-9)14-18(16,17)15(2)7-3-6-13/h4-5,8,14H,3,6-7,13H2,1-2H3. The third-order valence-electron chi connectivity index (χ3n) is 2.45. The van der Waals surface area contributed by atoms with Crippen LogP contribution in [0.5, 0.6) is 0 Å². The highest BCUT2D eigenvalue weighted by atomic mass is 79.9. The molecule has 0 aliphatic heterocycles. The highest BCUT2D eigenvalue weighted by Crippen LogP contribution is 2.24. The summed E-state index contributed by atoms with van der Waals surface area (Å²) < 4.78 is 28.5. The molecule has 0 unspecified atom stereocenters. The zero-order valence-corrected chi connectivity index (χ0v) is 12.9. The summed E-state index contributed by atoms with van der Waals surface area (Å²) in [6, 6.07) is 5.44. The summed E-state index contributed by atoms with van der Waals surface area (Å²) in [5, 5.41) is 0. The van der Waals surface area contributed by atoms with Crippen LogP contribution in [0.1, 0.15) is 12.0 Å². The van der Waals surface area contributed by atoms with Crippen molar-refractivity contribution in [3.05, 3.63) is 28.2 Å². The lowest BCUT2D eigenvalue weighted by Crippen LogP contribution is -2.34. The first-order valence-electron chi connectivity index (χ1n) is 5.57. The smallest absolute Gasteiger partial charge is 0.301 e. The van der Waals surface area contributed by atoms with Gasteiger partial charge in [-0.15, -0.1) is 0 Å². The minimum Gasteiger partial charge on any atom is -0.330 e. The Labute approximate surface area is 117 Å². The lowest BCUT2D eigenvalue weighted by atomic mass is 10.2. The fourth-order valence-corrected chi connectivity index (χ4v) is 3.06. The SMILES string of the molecule is Cc1ccc(NS(=O)(=O)N(C)CCCN)c(Br)c1. The summed E-state index contributed by atoms with van der Waals surface area (Å²) in [6.45, 7) is 2.81. The van der Waals surface area contributed by atoms with E-state index in [4.69, 9.17) is 5.73 Å². The van der Waals surface area contributed by atoms with Crippen LogP contribution in [0.15, 0.2) is 22.7 Å². The van der Waals surface area contributed by atoms with Crippen LogP contribution in [0, 0.1) is 6.92 Å². The van der Waals surface area contributed by atoms with E-state index in [0.717, 1.165) is 10.0 Å². The second-order valence-corrected chi connectivity index (χ2v) is 6.69. The summed E-state index contributed by atoms with van der Waals surface area (Å²) in [5.74, 6) is 0. The average molecular weight is 336 g/mol. The molecule has 0 bridgehead atoms. The first-order valence-corrected chi connectivity index (χ1v) is 7.80. The van der Waals surface area contributed by atoms with Gasteiger partial charge in [-0.2, -0.15) is 12.7 Å². The number of anilines is 1. The molecule has 0 aliphatic carbocycles. The normalized spacial score (nSPS) is 11.8. The van der Waals surface area contributed by atoms with Gasteiger partial charge in [-0.3, -0.25) is 4.72 Å². The van der Waals surface area contributed by atoms with Crippen LogP contribution in [0.4, 0.5) is 5.69 Å². The number of halogens is 1. The summed E-state index contributed by atoms with van der Waals surface area (Å²) in [5.41, 5.74) is 6.95. The predicted octanol–water partition coefficient (Wildman–Crippen LogP) is 1.69. The molecule has 0 aromatic heterocycles. The Kier molecular flexibility index (Phi) is 5.58. The fraction of sp³-hybridized carbons (Fsp3) is 0.455. The molecular formula is C11H18BrN3O2S. The molecule has 0 heterocycles. The van der Waals surface area contributed by atoms with E-state index >= 15 is 0 Å². The topological polar surface area (TPSA) is 75.4 Å². The van der Waals surface area contributed by atoms with Crippen LogP contribution in [0.2, 0.25) is 0 Å². The molecule has 0 spiro atoms. The number of nitrogens with one attached hydrogen (secondary N) is 1. The second-order valence-electron chi connectivity index (χ2n) is 4.05. The van der Waals surface area contributed by atoms with Crippen LogP contribution >= 0.6 is 15.9 Å². The fourth-order valence-electron chi connectivity index (χ4n) is 1.35. The minimum atomic E-state index is -3.52. The number of nitrogens with zero attached hydrogens (tertiary/aromatic N) is 1. The molecule has 0 saturated heterocycles. The highest BCUT2D eigenvalue weighted by molar-refractivity contribution is 9.10. The number of hydrogen-bond acceptors (Lipinski definition) is 3.